The van der Waals surface area contributed by atoms with Crippen LogP contribution in [-0.4, -0.2) is 12.0 Å². The zero-order valence-electron chi connectivity index (χ0n) is 11.4. The molecular formula is C17H13NO3. The summed E-state index contributed by atoms with van der Waals surface area (Å²) in [6.45, 7) is 0. The third-order valence-electron chi connectivity index (χ3n) is 3.48. The maximum atomic E-state index is 11.2. The van der Waals surface area contributed by atoms with E-state index in [0.717, 1.165) is 22.1 Å². The van der Waals surface area contributed by atoms with E-state index in [1.54, 1.807) is 25.3 Å². The highest BCUT2D eigenvalue weighted by Crippen LogP contribution is 2.35. The van der Waals surface area contributed by atoms with Crippen LogP contribution in [-0.2, 0) is 0 Å². The van der Waals surface area contributed by atoms with E-state index in [1.165, 1.54) is 6.07 Å². The molecular weight excluding hydrogens is 266 g/mol. The number of rotatable bonds is 3. The summed E-state index contributed by atoms with van der Waals surface area (Å²) in [5.41, 5.74) is 1.55. The average molecular weight is 279 g/mol. The fourth-order valence-electron chi connectivity index (χ4n) is 2.47. The van der Waals surface area contributed by atoms with E-state index in [1.807, 2.05) is 36.4 Å². The van der Waals surface area contributed by atoms with Gasteiger partial charge >= 0.3 is 0 Å². The van der Waals surface area contributed by atoms with Gasteiger partial charge in [-0.3, -0.25) is 10.1 Å². The third-order valence-corrected chi connectivity index (χ3v) is 3.48. The molecule has 0 amide bonds. The van der Waals surface area contributed by atoms with Gasteiger partial charge in [-0.2, -0.15) is 0 Å². The lowest BCUT2D eigenvalue weighted by atomic mass is 9.97. The highest BCUT2D eigenvalue weighted by atomic mass is 16.6. The minimum atomic E-state index is -0.353. The molecule has 0 aromatic heterocycles. The van der Waals surface area contributed by atoms with Crippen LogP contribution < -0.4 is 4.74 Å². The number of hydrogen-bond acceptors (Lipinski definition) is 3. The number of methoxy groups -OCH3 is 1. The Hall–Kier alpha value is -2.88. The number of fused-ring (bicyclic) bond motifs is 1. The minimum absolute atomic E-state index is 0.104. The Bertz CT molecular complexity index is 827. The Labute approximate surface area is 121 Å². The molecule has 3 rings (SSSR count). The van der Waals surface area contributed by atoms with Gasteiger partial charge in [-0.05, 0) is 34.5 Å². The SMILES string of the molecule is COc1ccc2cccc(-c3ccccc3[N+](=O)[O-])c2c1. The molecule has 0 bridgehead atoms. The molecule has 0 saturated carbocycles. The van der Waals surface area contributed by atoms with Crippen molar-refractivity contribution in [3.8, 4) is 16.9 Å². The number of benzene rings is 3. The standard InChI is InChI=1S/C17H13NO3/c1-21-13-10-9-12-5-4-7-14(16(12)11-13)15-6-2-3-8-17(15)18(19)20/h2-11H,1H3. The van der Waals surface area contributed by atoms with Crippen molar-refractivity contribution in [1.82, 2.24) is 0 Å². The van der Waals surface area contributed by atoms with Crippen molar-refractivity contribution in [3.63, 3.8) is 0 Å². The highest BCUT2D eigenvalue weighted by Gasteiger charge is 2.16. The molecule has 0 heterocycles. The Morgan fingerprint density at radius 2 is 1.71 bits per heavy atom. The molecule has 0 fully saturated rings. The maximum absolute atomic E-state index is 11.2. The summed E-state index contributed by atoms with van der Waals surface area (Å²) < 4.78 is 5.26. The van der Waals surface area contributed by atoms with Crippen molar-refractivity contribution in [2.75, 3.05) is 7.11 Å². The fourth-order valence-corrected chi connectivity index (χ4v) is 2.47. The Kier molecular flexibility index (Phi) is 3.28. The topological polar surface area (TPSA) is 52.4 Å². The van der Waals surface area contributed by atoms with E-state index in [-0.39, 0.29) is 10.6 Å². The highest BCUT2D eigenvalue weighted by molar-refractivity contribution is 5.99. The van der Waals surface area contributed by atoms with E-state index in [9.17, 15) is 10.1 Å². The first-order valence-electron chi connectivity index (χ1n) is 6.51. The first-order valence-corrected chi connectivity index (χ1v) is 6.51. The van der Waals surface area contributed by atoms with E-state index in [0.29, 0.717) is 5.56 Å². The number of hydrogen-bond donors (Lipinski definition) is 0. The Morgan fingerprint density at radius 3 is 2.48 bits per heavy atom. The number of nitrogens with zero attached hydrogens (tertiary/aromatic N) is 1. The van der Waals surface area contributed by atoms with Crippen molar-refractivity contribution in [2.24, 2.45) is 0 Å². The van der Waals surface area contributed by atoms with Gasteiger partial charge in [0, 0.05) is 6.07 Å². The van der Waals surface area contributed by atoms with Crippen LogP contribution in [0.15, 0.2) is 60.7 Å². The molecule has 4 nitrogen and oxygen atoms in total. The van der Waals surface area contributed by atoms with Crippen LogP contribution in [0, 0.1) is 10.1 Å². The molecule has 3 aromatic carbocycles. The molecule has 4 heteroatoms. The van der Waals surface area contributed by atoms with Crippen LogP contribution in [0.2, 0.25) is 0 Å². The van der Waals surface area contributed by atoms with Crippen molar-refractivity contribution >= 4 is 16.5 Å². The van der Waals surface area contributed by atoms with Crippen LogP contribution in [0.5, 0.6) is 5.75 Å². The molecule has 3 aromatic rings. The minimum Gasteiger partial charge on any atom is -0.497 e. The van der Waals surface area contributed by atoms with Gasteiger partial charge in [0.05, 0.1) is 17.6 Å². The quantitative estimate of drug-likeness (QED) is 0.526. The van der Waals surface area contributed by atoms with E-state index < -0.39 is 0 Å². The van der Waals surface area contributed by atoms with Crippen molar-refractivity contribution < 1.29 is 9.66 Å². The average Bonchev–Trinajstić information content (AvgIpc) is 2.53. The van der Waals surface area contributed by atoms with Gasteiger partial charge in [-0.15, -0.1) is 0 Å². The van der Waals surface area contributed by atoms with Gasteiger partial charge in [-0.1, -0.05) is 36.4 Å². The largest absolute Gasteiger partial charge is 0.497 e. The van der Waals surface area contributed by atoms with Crippen LogP contribution in [0.25, 0.3) is 21.9 Å². The summed E-state index contributed by atoms with van der Waals surface area (Å²) in [5, 5.41) is 13.2. The molecule has 104 valence electrons. The zero-order chi connectivity index (χ0) is 14.8. The van der Waals surface area contributed by atoms with Crippen LogP contribution in [0.1, 0.15) is 0 Å². The van der Waals surface area contributed by atoms with Crippen molar-refractivity contribution in [2.45, 2.75) is 0 Å². The number of nitro groups is 1. The monoisotopic (exact) mass is 279 g/mol. The van der Waals surface area contributed by atoms with Crippen molar-refractivity contribution in [1.29, 1.82) is 0 Å². The zero-order valence-corrected chi connectivity index (χ0v) is 11.4. The fraction of sp³-hybridized carbons (Fsp3) is 0.0588. The van der Waals surface area contributed by atoms with Gasteiger partial charge in [0.2, 0.25) is 0 Å². The Morgan fingerprint density at radius 1 is 0.952 bits per heavy atom. The second kappa shape index (κ2) is 5.25. The molecule has 0 radical (unpaired) electrons. The molecule has 0 spiro atoms. The second-order valence-electron chi connectivity index (χ2n) is 4.67. The number of para-hydroxylation sites is 1. The molecule has 0 unspecified atom stereocenters. The summed E-state index contributed by atoms with van der Waals surface area (Å²) in [5.74, 6) is 0.730. The second-order valence-corrected chi connectivity index (χ2v) is 4.67. The molecule has 21 heavy (non-hydrogen) atoms. The maximum Gasteiger partial charge on any atom is 0.277 e. The lowest BCUT2D eigenvalue weighted by Gasteiger charge is -2.09. The number of ether oxygens (including phenoxy) is 1. The van der Waals surface area contributed by atoms with Crippen LogP contribution >= 0.6 is 0 Å². The lowest BCUT2D eigenvalue weighted by molar-refractivity contribution is -0.384. The summed E-state index contributed by atoms with van der Waals surface area (Å²) in [6, 6.07) is 18.3. The van der Waals surface area contributed by atoms with Crippen molar-refractivity contribution in [3.05, 3.63) is 70.8 Å². The van der Waals surface area contributed by atoms with Gasteiger partial charge in [0.15, 0.2) is 0 Å². The van der Waals surface area contributed by atoms with E-state index in [4.69, 9.17) is 4.74 Å². The molecule has 0 atom stereocenters. The summed E-state index contributed by atoms with van der Waals surface area (Å²) in [6.07, 6.45) is 0. The van der Waals surface area contributed by atoms with Gasteiger partial charge < -0.3 is 4.74 Å². The third kappa shape index (κ3) is 2.31. The normalized spacial score (nSPS) is 10.5. The van der Waals surface area contributed by atoms with E-state index in [2.05, 4.69) is 0 Å². The van der Waals surface area contributed by atoms with Crippen LogP contribution in [0.3, 0.4) is 0 Å². The molecule has 0 aliphatic carbocycles. The summed E-state index contributed by atoms with van der Waals surface area (Å²) >= 11 is 0. The predicted molar refractivity (Wildman–Crippen MR) is 82.6 cm³/mol. The Balaban J connectivity index is 2.32. The summed E-state index contributed by atoms with van der Waals surface area (Å²) in [7, 11) is 1.61. The van der Waals surface area contributed by atoms with Gasteiger partial charge in [0.1, 0.15) is 5.75 Å². The van der Waals surface area contributed by atoms with Gasteiger partial charge in [0.25, 0.3) is 5.69 Å². The molecule has 0 aliphatic rings. The molecule has 0 aliphatic heterocycles. The van der Waals surface area contributed by atoms with E-state index >= 15 is 0 Å². The first kappa shape index (κ1) is 13.1. The van der Waals surface area contributed by atoms with Gasteiger partial charge in [-0.25, -0.2) is 0 Å². The molecule has 0 saturated heterocycles. The smallest absolute Gasteiger partial charge is 0.277 e. The summed E-state index contributed by atoms with van der Waals surface area (Å²) in [4.78, 5) is 10.9. The predicted octanol–water partition coefficient (Wildman–Crippen LogP) is 4.42. The number of nitro benzene ring substituents is 1. The lowest BCUT2D eigenvalue weighted by Crippen LogP contribution is -1.92. The first-order chi connectivity index (χ1) is 10.2. The van der Waals surface area contributed by atoms with Crippen LogP contribution in [0.4, 0.5) is 5.69 Å². The molecule has 0 N–H and O–H groups in total.